The van der Waals surface area contributed by atoms with E-state index in [0.29, 0.717) is 5.02 Å². The van der Waals surface area contributed by atoms with Crippen molar-refractivity contribution >= 4 is 22.9 Å². The summed E-state index contributed by atoms with van der Waals surface area (Å²) in [5, 5.41) is 12.6. The van der Waals surface area contributed by atoms with E-state index < -0.39 is 5.41 Å². The zero-order chi connectivity index (χ0) is 12.5. The van der Waals surface area contributed by atoms with E-state index in [1.54, 1.807) is 11.3 Å². The second-order valence-corrected chi connectivity index (χ2v) is 5.58. The molecular weight excluding hydrogens is 252 g/mol. The summed E-state index contributed by atoms with van der Waals surface area (Å²) in [6.45, 7) is 3.74. The van der Waals surface area contributed by atoms with Gasteiger partial charge in [0.2, 0.25) is 0 Å². The Hall–Kier alpha value is -1.37. The van der Waals surface area contributed by atoms with Crippen molar-refractivity contribution in [3.63, 3.8) is 0 Å². The fourth-order valence-electron chi connectivity index (χ4n) is 1.34. The molecule has 0 aliphatic carbocycles. The summed E-state index contributed by atoms with van der Waals surface area (Å²) in [4.78, 5) is 4.51. The minimum absolute atomic E-state index is 0.541. The molecule has 0 aliphatic rings. The Labute approximate surface area is 110 Å². The smallest absolute Gasteiger partial charge is 0.123 e. The first-order valence-corrected chi connectivity index (χ1v) is 6.42. The van der Waals surface area contributed by atoms with Crippen molar-refractivity contribution in [3.05, 3.63) is 40.4 Å². The quantitative estimate of drug-likeness (QED) is 0.811. The molecule has 2 aromatic rings. The van der Waals surface area contributed by atoms with Crippen LogP contribution in [0.1, 0.15) is 19.5 Å². The van der Waals surface area contributed by atoms with Crippen molar-refractivity contribution < 1.29 is 0 Å². The average Bonchev–Trinajstić information content (AvgIpc) is 2.80. The molecule has 0 unspecified atom stereocenters. The van der Waals surface area contributed by atoms with Crippen LogP contribution in [0.4, 0.5) is 0 Å². The SMILES string of the molecule is CC(C)(C#N)c1csc(-c2ccc(Cl)cc2)n1. The number of aromatic nitrogens is 1. The highest BCUT2D eigenvalue weighted by atomic mass is 35.5. The topological polar surface area (TPSA) is 36.7 Å². The molecule has 1 heterocycles. The zero-order valence-corrected chi connectivity index (χ0v) is 11.1. The largest absolute Gasteiger partial charge is 0.239 e. The lowest BCUT2D eigenvalue weighted by atomic mass is 9.92. The van der Waals surface area contributed by atoms with Gasteiger partial charge in [-0.05, 0) is 26.0 Å². The molecule has 0 atom stereocenters. The first kappa shape index (κ1) is 12.1. The lowest BCUT2D eigenvalue weighted by Gasteiger charge is -2.10. The van der Waals surface area contributed by atoms with Crippen LogP contribution in [0, 0.1) is 11.3 Å². The Morgan fingerprint density at radius 1 is 1.29 bits per heavy atom. The van der Waals surface area contributed by atoms with Crippen LogP contribution in [-0.2, 0) is 5.41 Å². The lowest BCUT2D eigenvalue weighted by molar-refractivity contribution is 0.666. The van der Waals surface area contributed by atoms with E-state index >= 15 is 0 Å². The normalized spacial score (nSPS) is 11.2. The molecule has 0 bridgehead atoms. The molecule has 0 amide bonds. The summed E-state index contributed by atoms with van der Waals surface area (Å²) >= 11 is 7.38. The first-order valence-electron chi connectivity index (χ1n) is 5.16. The molecule has 0 fully saturated rings. The van der Waals surface area contributed by atoms with Crippen LogP contribution < -0.4 is 0 Å². The van der Waals surface area contributed by atoms with Crippen molar-refractivity contribution in [2.75, 3.05) is 0 Å². The molecule has 17 heavy (non-hydrogen) atoms. The number of halogens is 1. The minimum atomic E-state index is -0.541. The van der Waals surface area contributed by atoms with E-state index in [9.17, 15) is 0 Å². The number of nitriles is 1. The van der Waals surface area contributed by atoms with E-state index in [0.717, 1.165) is 16.3 Å². The third-order valence-corrected chi connectivity index (χ3v) is 3.66. The second kappa shape index (κ2) is 4.48. The molecule has 0 spiro atoms. The number of nitrogens with zero attached hydrogens (tertiary/aromatic N) is 2. The molecule has 4 heteroatoms. The maximum Gasteiger partial charge on any atom is 0.123 e. The standard InChI is InChI=1S/C13H11ClN2S/c1-13(2,8-15)11-7-17-12(16-11)9-3-5-10(14)6-4-9/h3-7H,1-2H3. The number of rotatable bonds is 2. The van der Waals surface area contributed by atoms with Crippen LogP contribution in [-0.4, -0.2) is 4.98 Å². The summed E-state index contributed by atoms with van der Waals surface area (Å²) in [6.07, 6.45) is 0. The molecule has 0 radical (unpaired) electrons. The van der Waals surface area contributed by atoms with E-state index in [1.165, 1.54) is 0 Å². The van der Waals surface area contributed by atoms with Crippen LogP contribution in [0.15, 0.2) is 29.6 Å². The van der Waals surface area contributed by atoms with Gasteiger partial charge in [0.25, 0.3) is 0 Å². The Bertz CT molecular complexity index is 564. The maximum atomic E-state index is 9.06. The number of hydrogen-bond acceptors (Lipinski definition) is 3. The fraction of sp³-hybridized carbons (Fsp3) is 0.231. The summed E-state index contributed by atoms with van der Waals surface area (Å²) in [6, 6.07) is 9.81. The highest BCUT2D eigenvalue weighted by molar-refractivity contribution is 7.13. The van der Waals surface area contributed by atoms with E-state index in [-0.39, 0.29) is 0 Å². The fourth-order valence-corrected chi connectivity index (χ4v) is 2.46. The Morgan fingerprint density at radius 2 is 1.94 bits per heavy atom. The van der Waals surface area contributed by atoms with Gasteiger partial charge in [0.05, 0.1) is 17.2 Å². The van der Waals surface area contributed by atoms with Crippen molar-refractivity contribution in [2.45, 2.75) is 19.3 Å². The van der Waals surface area contributed by atoms with Crippen molar-refractivity contribution in [3.8, 4) is 16.6 Å². The molecule has 0 aliphatic heterocycles. The van der Waals surface area contributed by atoms with Crippen LogP contribution >= 0.6 is 22.9 Å². The van der Waals surface area contributed by atoms with Crippen LogP contribution in [0.25, 0.3) is 10.6 Å². The third-order valence-electron chi connectivity index (χ3n) is 2.52. The van der Waals surface area contributed by atoms with Gasteiger partial charge < -0.3 is 0 Å². The van der Waals surface area contributed by atoms with E-state index in [1.807, 2.05) is 43.5 Å². The van der Waals surface area contributed by atoms with Gasteiger partial charge in [0.15, 0.2) is 0 Å². The van der Waals surface area contributed by atoms with Crippen LogP contribution in [0.3, 0.4) is 0 Å². The first-order chi connectivity index (χ1) is 8.03. The summed E-state index contributed by atoms with van der Waals surface area (Å²) < 4.78 is 0. The predicted molar refractivity (Wildman–Crippen MR) is 71.2 cm³/mol. The predicted octanol–water partition coefficient (Wildman–Crippen LogP) is 4.26. The average molecular weight is 263 g/mol. The molecule has 1 aromatic carbocycles. The molecule has 86 valence electrons. The van der Waals surface area contributed by atoms with Gasteiger partial charge in [0, 0.05) is 16.0 Å². The van der Waals surface area contributed by atoms with Crippen LogP contribution in [0.5, 0.6) is 0 Å². The summed E-state index contributed by atoms with van der Waals surface area (Å²) in [5.41, 5.74) is 1.30. The third kappa shape index (κ3) is 2.49. The number of hydrogen-bond donors (Lipinski definition) is 0. The highest BCUT2D eigenvalue weighted by Crippen LogP contribution is 2.30. The molecular formula is C13H11ClN2S. The second-order valence-electron chi connectivity index (χ2n) is 4.28. The monoisotopic (exact) mass is 262 g/mol. The van der Waals surface area contributed by atoms with Gasteiger partial charge in [0.1, 0.15) is 5.01 Å². The Balaban J connectivity index is 2.37. The molecule has 0 saturated heterocycles. The van der Waals surface area contributed by atoms with Crippen molar-refractivity contribution in [2.24, 2.45) is 0 Å². The van der Waals surface area contributed by atoms with Gasteiger partial charge in [-0.2, -0.15) is 5.26 Å². The summed E-state index contributed by atoms with van der Waals surface area (Å²) in [5.74, 6) is 0. The van der Waals surface area contributed by atoms with Gasteiger partial charge in [-0.25, -0.2) is 4.98 Å². The van der Waals surface area contributed by atoms with E-state index in [2.05, 4.69) is 11.1 Å². The number of benzene rings is 1. The molecule has 2 nitrogen and oxygen atoms in total. The molecule has 1 aromatic heterocycles. The highest BCUT2D eigenvalue weighted by Gasteiger charge is 2.23. The zero-order valence-electron chi connectivity index (χ0n) is 9.57. The molecule has 0 N–H and O–H groups in total. The van der Waals surface area contributed by atoms with E-state index in [4.69, 9.17) is 16.9 Å². The van der Waals surface area contributed by atoms with Gasteiger partial charge >= 0.3 is 0 Å². The lowest BCUT2D eigenvalue weighted by Crippen LogP contribution is -2.14. The number of thiazole rings is 1. The van der Waals surface area contributed by atoms with Gasteiger partial charge in [-0.3, -0.25) is 0 Å². The Kier molecular flexibility index (Phi) is 3.19. The summed E-state index contributed by atoms with van der Waals surface area (Å²) in [7, 11) is 0. The van der Waals surface area contributed by atoms with Crippen molar-refractivity contribution in [1.29, 1.82) is 5.26 Å². The minimum Gasteiger partial charge on any atom is -0.239 e. The Morgan fingerprint density at radius 3 is 2.53 bits per heavy atom. The van der Waals surface area contributed by atoms with Crippen molar-refractivity contribution in [1.82, 2.24) is 4.98 Å². The van der Waals surface area contributed by atoms with Crippen LogP contribution in [0.2, 0.25) is 5.02 Å². The molecule has 0 saturated carbocycles. The molecule has 2 rings (SSSR count). The van der Waals surface area contributed by atoms with Gasteiger partial charge in [-0.15, -0.1) is 11.3 Å². The maximum absolute atomic E-state index is 9.06. The van der Waals surface area contributed by atoms with Gasteiger partial charge in [-0.1, -0.05) is 23.7 Å².